The van der Waals surface area contributed by atoms with Crippen LogP contribution in [-0.2, 0) is 4.79 Å². The molecule has 1 unspecified atom stereocenters. The van der Waals surface area contributed by atoms with Crippen LogP contribution in [0.25, 0.3) is 0 Å². The van der Waals surface area contributed by atoms with Gasteiger partial charge in [-0.15, -0.1) is 12.4 Å². The maximum Gasteiger partial charge on any atom is 0.405 e. The average Bonchev–Trinajstić information content (AvgIpc) is 2.53. The molecule has 1 atom stereocenters. The lowest BCUT2D eigenvalue weighted by atomic mass is 10.1. The number of carbonyl (C=O) groups excluding carboxylic acids is 2. The third-order valence-electron chi connectivity index (χ3n) is 3.31. The fourth-order valence-electron chi connectivity index (χ4n) is 2.17. The van der Waals surface area contributed by atoms with Crippen LogP contribution in [0.2, 0.25) is 0 Å². The number of amides is 2. The summed E-state index contributed by atoms with van der Waals surface area (Å²) in [7, 11) is 0. The van der Waals surface area contributed by atoms with Crippen molar-refractivity contribution in [2.24, 2.45) is 0 Å². The highest BCUT2D eigenvalue weighted by molar-refractivity contribution is 7.99. The van der Waals surface area contributed by atoms with Crippen molar-refractivity contribution < 1.29 is 22.8 Å². The number of hydrogen-bond acceptors (Lipinski definition) is 4. The molecule has 0 radical (unpaired) electrons. The lowest BCUT2D eigenvalue weighted by Gasteiger charge is -2.22. The van der Waals surface area contributed by atoms with E-state index in [1.807, 2.05) is 0 Å². The third-order valence-corrected chi connectivity index (χ3v) is 4.44. The van der Waals surface area contributed by atoms with Gasteiger partial charge in [-0.1, -0.05) is 0 Å². The summed E-state index contributed by atoms with van der Waals surface area (Å²) < 4.78 is 36.2. The summed E-state index contributed by atoms with van der Waals surface area (Å²) in [6, 6.07) is 5.86. The average molecular weight is 398 g/mol. The van der Waals surface area contributed by atoms with Crippen molar-refractivity contribution in [1.29, 1.82) is 0 Å². The monoisotopic (exact) mass is 397 g/mol. The Bertz CT molecular complexity index is 578. The molecule has 0 spiro atoms. The molecule has 2 amide bonds. The topological polar surface area (TPSA) is 70.2 Å². The number of halogens is 4. The third kappa shape index (κ3) is 7.98. The Labute approximate surface area is 153 Å². The lowest BCUT2D eigenvalue weighted by Crippen LogP contribution is -2.39. The fourth-order valence-corrected chi connectivity index (χ4v) is 3.12. The molecule has 1 aromatic carbocycles. The molecule has 1 heterocycles. The van der Waals surface area contributed by atoms with Crippen LogP contribution in [0.3, 0.4) is 0 Å². The van der Waals surface area contributed by atoms with Crippen LogP contribution in [0.4, 0.5) is 18.9 Å². The zero-order valence-electron chi connectivity index (χ0n) is 13.2. The van der Waals surface area contributed by atoms with Crippen molar-refractivity contribution in [3.63, 3.8) is 0 Å². The largest absolute Gasteiger partial charge is 0.405 e. The maximum absolute atomic E-state index is 12.1. The van der Waals surface area contributed by atoms with Crippen molar-refractivity contribution in [3.8, 4) is 0 Å². The van der Waals surface area contributed by atoms with Crippen molar-refractivity contribution in [2.75, 3.05) is 29.9 Å². The minimum absolute atomic E-state index is 0. The predicted molar refractivity (Wildman–Crippen MR) is 94.4 cm³/mol. The van der Waals surface area contributed by atoms with E-state index in [4.69, 9.17) is 0 Å². The molecule has 10 heteroatoms. The zero-order chi connectivity index (χ0) is 17.6. The summed E-state index contributed by atoms with van der Waals surface area (Å²) in [6.45, 7) is -0.499. The van der Waals surface area contributed by atoms with E-state index in [2.05, 4.69) is 10.6 Å². The van der Waals surface area contributed by atoms with Gasteiger partial charge in [-0.2, -0.15) is 24.9 Å². The van der Waals surface area contributed by atoms with Gasteiger partial charge < -0.3 is 16.0 Å². The Hall–Kier alpha value is -1.45. The number of benzene rings is 1. The van der Waals surface area contributed by atoms with Crippen molar-refractivity contribution >= 4 is 41.7 Å². The Morgan fingerprint density at radius 3 is 2.48 bits per heavy atom. The second-order valence-corrected chi connectivity index (χ2v) is 6.50. The van der Waals surface area contributed by atoms with Crippen LogP contribution >= 0.6 is 24.2 Å². The van der Waals surface area contributed by atoms with Crippen molar-refractivity contribution in [2.45, 2.75) is 18.6 Å². The van der Waals surface area contributed by atoms with Gasteiger partial charge in [-0.05, 0) is 24.3 Å². The van der Waals surface area contributed by atoms with Gasteiger partial charge in [0, 0.05) is 41.8 Å². The van der Waals surface area contributed by atoms with Crippen LogP contribution in [0.15, 0.2) is 24.3 Å². The Morgan fingerprint density at radius 1 is 1.24 bits per heavy atom. The number of hydrogen-bond donors (Lipinski definition) is 3. The SMILES string of the molecule is Cl.O=C(CC1CSCCN1)Nc1ccc(C(=O)NCC(F)(F)F)cc1. The number of alkyl halides is 3. The van der Waals surface area contributed by atoms with Gasteiger partial charge in [-0.25, -0.2) is 0 Å². The summed E-state index contributed by atoms with van der Waals surface area (Å²) in [5.41, 5.74) is 0.596. The molecule has 5 nitrogen and oxygen atoms in total. The molecule has 1 saturated heterocycles. The quantitative estimate of drug-likeness (QED) is 0.713. The second-order valence-electron chi connectivity index (χ2n) is 5.35. The first-order valence-corrected chi connectivity index (χ1v) is 8.55. The molecule has 140 valence electrons. The highest BCUT2D eigenvalue weighted by Gasteiger charge is 2.27. The Morgan fingerprint density at radius 2 is 1.92 bits per heavy atom. The fraction of sp³-hybridized carbons (Fsp3) is 0.467. The number of carbonyl (C=O) groups is 2. The summed E-state index contributed by atoms with van der Waals surface area (Å²) in [6.07, 6.45) is -4.10. The summed E-state index contributed by atoms with van der Waals surface area (Å²) in [4.78, 5) is 23.5. The van der Waals surface area contributed by atoms with E-state index in [9.17, 15) is 22.8 Å². The molecule has 3 N–H and O–H groups in total. The van der Waals surface area contributed by atoms with E-state index in [1.165, 1.54) is 24.3 Å². The van der Waals surface area contributed by atoms with Gasteiger partial charge in [0.15, 0.2) is 0 Å². The molecule has 0 bridgehead atoms. The van der Waals surface area contributed by atoms with Gasteiger partial charge in [0.05, 0.1) is 0 Å². The number of anilines is 1. The Balaban J connectivity index is 0.00000312. The minimum Gasteiger partial charge on any atom is -0.343 e. The Kier molecular flexibility index (Phi) is 8.54. The maximum atomic E-state index is 12.1. The minimum atomic E-state index is -4.45. The van der Waals surface area contributed by atoms with E-state index in [0.717, 1.165) is 18.1 Å². The smallest absolute Gasteiger partial charge is 0.343 e. The molecule has 25 heavy (non-hydrogen) atoms. The molecule has 1 aromatic rings. The molecular weight excluding hydrogens is 379 g/mol. The first-order valence-electron chi connectivity index (χ1n) is 7.39. The molecule has 0 aliphatic carbocycles. The molecule has 2 rings (SSSR count). The first kappa shape index (κ1) is 21.6. The van der Waals surface area contributed by atoms with Crippen LogP contribution in [0.1, 0.15) is 16.8 Å². The van der Waals surface area contributed by atoms with Crippen molar-refractivity contribution in [3.05, 3.63) is 29.8 Å². The molecule has 0 aromatic heterocycles. The highest BCUT2D eigenvalue weighted by Crippen LogP contribution is 2.15. The van der Waals surface area contributed by atoms with Gasteiger partial charge in [0.2, 0.25) is 5.91 Å². The number of rotatable bonds is 5. The van der Waals surface area contributed by atoms with Crippen LogP contribution in [0, 0.1) is 0 Å². The molecule has 1 aliphatic heterocycles. The van der Waals surface area contributed by atoms with Crippen LogP contribution in [0.5, 0.6) is 0 Å². The van der Waals surface area contributed by atoms with Crippen LogP contribution < -0.4 is 16.0 Å². The second kappa shape index (κ2) is 9.88. The van der Waals surface area contributed by atoms with Crippen LogP contribution in [-0.4, -0.2) is 48.6 Å². The van der Waals surface area contributed by atoms with E-state index in [0.29, 0.717) is 12.1 Å². The van der Waals surface area contributed by atoms with Gasteiger partial charge in [-0.3, -0.25) is 9.59 Å². The standard InChI is InChI=1S/C15H18F3N3O2S.ClH/c16-15(17,18)9-20-14(23)10-1-3-11(4-2-10)21-13(22)7-12-8-24-6-5-19-12;/h1-4,12,19H,5-9H2,(H,20,23)(H,21,22);1H. The van der Waals surface area contributed by atoms with Gasteiger partial charge in [0.1, 0.15) is 6.54 Å². The molecule has 0 saturated carbocycles. The first-order chi connectivity index (χ1) is 11.3. The molecular formula is C15H19ClF3N3O2S. The summed E-state index contributed by atoms with van der Waals surface area (Å²) >= 11 is 1.80. The van der Waals surface area contributed by atoms with Gasteiger partial charge >= 0.3 is 6.18 Å². The van der Waals surface area contributed by atoms with Crippen molar-refractivity contribution in [1.82, 2.24) is 10.6 Å². The lowest BCUT2D eigenvalue weighted by molar-refractivity contribution is -0.123. The molecule has 1 fully saturated rings. The predicted octanol–water partition coefficient (Wildman–Crippen LogP) is 2.43. The van der Waals surface area contributed by atoms with E-state index in [1.54, 1.807) is 17.1 Å². The number of thioether (sulfide) groups is 1. The molecule has 1 aliphatic rings. The van der Waals surface area contributed by atoms with E-state index >= 15 is 0 Å². The zero-order valence-corrected chi connectivity index (χ0v) is 14.8. The van der Waals surface area contributed by atoms with Gasteiger partial charge in [0.25, 0.3) is 5.91 Å². The van der Waals surface area contributed by atoms with E-state index < -0.39 is 18.6 Å². The highest BCUT2D eigenvalue weighted by atomic mass is 35.5. The van der Waals surface area contributed by atoms with E-state index in [-0.39, 0.29) is 29.9 Å². The summed E-state index contributed by atoms with van der Waals surface area (Å²) in [5.74, 6) is 0.958. The normalized spacial score (nSPS) is 17.3. The summed E-state index contributed by atoms with van der Waals surface area (Å²) in [5, 5.41) is 7.76. The number of nitrogens with one attached hydrogen (secondary N) is 3.